The third-order valence-corrected chi connectivity index (χ3v) is 7.83. The van der Waals surface area contributed by atoms with E-state index in [-0.39, 0.29) is 24.3 Å². The molecule has 1 unspecified atom stereocenters. The topological polar surface area (TPSA) is 84.3 Å². The predicted octanol–water partition coefficient (Wildman–Crippen LogP) is 4.52. The second-order valence-electron chi connectivity index (χ2n) is 9.42. The van der Waals surface area contributed by atoms with E-state index >= 15 is 0 Å². The van der Waals surface area contributed by atoms with Gasteiger partial charge in [0.15, 0.2) is 0 Å². The van der Waals surface area contributed by atoms with Gasteiger partial charge in [0.1, 0.15) is 0 Å². The summed E-state index contributed by atoms with van der Waals surface area (Å²) in [5.74, 6) is -0.939. The molecule has 1 N–H and O–H groups in total. The van der Waals surface area contributed by atoms with Gasteiger partial charge in [-0.15, -0.1) is 11.3 Å². The minimum Gasteiger partial charge on any atom is -0.347 e. The molecule has 3 heterocycles. The molecule has 1 aliphatic heterocycles. The van der Waals surface area contributed by atoms with Crippen molar-refractivity contribution >= 4 is 29.1 Å². The highest BCUT2D eigenvalue weighted by molar-refractivity contribution is 7.13. The van der Waals surface area contributed by atoms with Crippen LogP contribution in [0.3, 0.4) is 0 Å². The van der Waals surface area contributed by atoms with Gasteiger partial charge < -0.3 is 5.32 Å². The molecule has 2 aromatic carbocycles. The van der Waals surface area contributed by atoms with E-state index in [1.54, 1.807) is 35.1 Å². The number of amides is 3. The molecule has 0 aliphatic carbocycles. The van der Waals surface area contributed by atoms with Crippen LogP contribution in [0.1, 0.15) is 50.5 Å². The number of nitrogens with one attached hydrogen (secondary N) is 1. The maximum Gasteiger partial charge on any atom is 0.261 e. The summed E-state index contributed by atoms with van der Waals surface area (Å²) >= 11 is 1.47. The van der Waals surface area contributed by atoms with Gasteiger partial charge in [0, 0.05) is 24.0 Å². The molecule has 7 nitrogen and oxygen atoms in total. The lowest BCUT2D eigenvalue weighted by Crippen LogP contribution is -2.54. The molecule has 1 atom stereocenters. The van der Waals surface area contributed by atoms with Gasteiger partial charge in [-0.1, -0.05) is 56.3 Å². The third-order valence-electron chi connectivity index (χ3n) is 6.87. The summed E-state index contributed by atoms with van der Waals surface area (Å²) in [5.41, 5.74) is 2.65. The Labute approximate surface area is 213 Å². The van der Waals surface area contributed by atoms with Gasteiger partial charge in [-0.2, -0.15) is 5.10 Å². The molecule has 182 valence electrons. The average Bonchev–Trinajstić information content (AvgIpc) is 3.59. The van der Waals surface area contributed by atoms with Crippen LogP contribution in [0.2, 0.25) is 0 Å². The van der Waals surface area contributed by atoms with Gasteiger partial charge in [0.25, 0.3) is 17.7 Å². The van der Waals surface area contributed by atoms with E-state index in [9.17, 15) is 14.4 Å². The first kappa shape index (κ1) is 23.7. The highest BCUT2D eigenvalue weighted by atomic mass is 32.1. The normalized spacial score (nSPS) is 14.1. The SMILES string of the molecule is Cn1nccc1-c1cc(C(=O)NC(CN2C(=O)c3ccccc3C2=O)C(C)(C)c2ccccc2)cs1. The predicted molar refractivity (Wildman–Crippen MR) is 139 cm³/mol. The van der Waals surface area contributed by atoms with Crippen molar-refractivity contribution < 1.29 is 14.4 Å². The Balaban J connectivity index is 1.45. The monoisotopic (exact) mass is 498 g/mol. The Hall–Kier alpha value is -4.04. The summed E-state index contributed by atoms with van der Waals surface area (Å²) in [5, 5.41) is 9.15. The Morgan fingerprint density at radius 2 is 1.64 bits per heavy atom. The second kappa shape index (κ2) is 9.20. The smallest absolute Gasteiger partial charge is 0.261 e. The molecule has 1 aliphatic rings. The van der Waals surface area contributed by atoms with Crippen LogP contribution in [0.25, 0.3) is 10.6 Å². The van der Waals surface area contributed by atoms with Crippen molar-refractivity contribution in [1.82, 2.24) is 20.0 Å². The zero-order valence-corrected chi connectivity index (χ0v) is 21.1. The zero-order chi connectivity index (χ0) is 25.4. The van der Waals surface area contributed by atoms with Crippen LogP contribution in [0.15, 0.2) is 78.3 Å². The number of hydrogen-bond donors (Lipinski definition) is 1. The summed E-state index contributed by atoms with van der Waals surface area (Å²) in [6.07, 6.45) is 1.72. The van der Waals surface area contributed by atoms with E-state index in [2.05, 4.69) is 10.4 Å². The van der Waals surface area contributed by atoms with E-state index in [1.807, 2.05) is 68.7 Å². The fraction of sp³-hybridized carbons (Fsp3) is 0.214. The second-order valence-corrected chi connectivity index (χ2v) is 10.3. The highest BCUT2D eigenvalue weighted by Crippen LogP contribution is 2.31. The number of carbonyl (C=O) groups is 3. The molecule has 0 fully saturated rings. The lowest BCUT2D eigenvalue weighted by Gasteiger charge is -2.37. The number of fused-ring (bicyclic) bond motifs is 1. The van der Waals surface area contributed by atoms with Crippen LogP contribution >= 0.6 is 11.3 Å². The van der Waals surface area contributed by atoms with Crippen LogP contribution in [-0.2, 0) is 12.5 Å². The summed E-state index contributed by atoms with van der Waals surface area (Å²) in [6, 6.07) is 19.8. The number of carbonyl (C=O) groups excluding carboxylic acids is 3. The Morgan fingerprint density at radius 3 is 2.25 bits per heavy atom. The molecule has 36 heavy (non-hydrogen) atoms. The van der Waals surface area contributed by atoms with Crippen molar-refractivity contribution in [2.75, 3.05) is 6.54 Å². The number of nitrogens with zero attached hydrogens (tertiary/aromatic N) is 3. The highest BCUT2D eigenvalue weighted by Gasteiger charge is 2.41. The van der Waals surface area contributed by atoms with Crippen LogP contribution in [-0.4, -0.2) is 45.0 Å². The quantitative estimate of drug-likeness (QED) is 0.380. The minimum absolute atomic E-state index is 0.0543. The number of thiophene rings is 1. The molecule has 0 bridgehead atoms. The van der Waals surface area contributed by atoms with Crippen molar-refractivity contribution in [1.29, 1.82) is 0 Å². The van der Waals surface area contributed by atoms with Gasteiger partial charge in [0.2, 0.25) is 0 Å². The zero-order valence-electron chi connectivity index (χ0n) is 20.3. The summed E-state index contributed by atoms with van der Waals surface area (Å²) in [6.45, 7) is 4.08. The molecule has 2 aromatic heterocycles. The maximum absolute atomic E-state index is 13.4. The molecule has 0 saturated heterocycles. The number of imide groups is 1. The lowest BCUT2D eigenvalue weighted by molar-refractivity contribution is 0.0609. The summed E-state index contributed by atoms with van der Waals surface area (Å²) < 4.78 is 1.76. The van der Waals surface area contributed by atoms with Crippen molar-refractivity contribution in [3.8, 4) is 10.6 Å². The Morgan fingerprint density at radius 1 is 1.00 bits per heavy atom. The minimum atomic E-state index is -0.576. The standard InChI is InChI=1S/C28H26N4O3S/c1-28(2,19-9-5-4-6-10-19)24(16-32-26(34)20-11-7-8-12-21(20)27(32)35)30-25(33)18-15-23(36-17-18)22-13-14-29-31(22)3/h4-15,17,24H,16H2,1-3H3,(H,30,33). The number of aromatic nitrogens is 2. The fourth-order valence-electron chi connectivity index (χ4n) is 4.56. The van der Waals surface area contributed by atoms with Gasteiger partial charge in [-0.25, -0.2) is 0 Å². The first-order valence-corrected chi connectivity index (χ1v) is 12.5. The van der Waals surface area contributed by atoms with Gasteiger partial charge in [0.05, 0.1) is 39.8 Å². The molecule has 0 spiro atoms. The van der Waals surface area contributed by atoms with Gasteiger partial charge in [-0.3, -0.25) is 24.0 Å². The Bertz CT molecular complexity index is 1420. The molecular weight excluding hydrogens is 472 g/mol. The molecule has 0 radical (unpaired) electrons. The molecular formula is C28H26N4O3S. The van der Waals surface area contributed by atoms with Gasteiger partial charge >= 0.3 is 0 Å². The molecule has 3 amide bonds. The summed E-state index contributed by atoms with van der Waals surface area (Å²) in [4.78, 5) is 41.8. The molecule has 5 rings (SSSR count). The third kappa shape index (κ3) is 4.13. The maximum atomic E-state index is 13.4. The van der Waals surface area contributed by atoms with Gasteiger partial charge in [-0.05, 0) is 29.8 Å². The lowest BCUT2D eigenvalue weighted by atomic mass is 9.77. The number of aryl methyl sites for hydroxylation is 1. The van der Waals surface area contributed by atoms with Crippen LogP contribution in [0.4, 0.5) is 0 Å². The fourth-order valence-corrected chi connectivity index (χ4v) is 5.50. The molecule has 8 heteroatoms. The van der Waals surface area contributed by atoms with E-state index < -0.39 is 11.5 Å². The number of rotatable bonds is 7. The Kier molecular flexibility index (Phi) is 6.05. The van der Waals surface area contributed by atoms with Crippen molar-refractivity contribution in [3.05, 3.63) is 101 Å². The molecule has 0 saturated carbocycles. The summed E-state index contributed by atoms with van der Waals surface area (Å²) in [7, 11) is 1.86. The first-order valence-electron chi connectivity index (χ1n) is 11.7. The van der Waals surface area contributed by atoms with Crippen LogP contribution in [0.5, 0.6) is 0 Å². The van der Waals surface area contributed by atoms with E-state index in [0.29, 0.717) is 16.7 Å². The number of hydrogen-bond acceptors (Lipinski definition) is 5. The van der Waals surface area contributed by atoms with Crippen molar-refractivity contribution in [3.63, 3.8) is 0 Å². The van der Waals surface area contributed by atoms with Crippen molar-refractivity contribution in [2.45, 2.75) is 25.3 Å². The van der Waals surface area contributed by atoms with Crippen molar-refractivity contribution in [2.24, 2.45) is 7.05 Å². The number of benzene rings is 2. The largest absolute Gasteiger partial charge is 0.347 e. The van der Waals surface area contributed by atoms with E-state index in [1.165, 1.54) is 16.2 Å². The van der Waals surface area contributed by atoms with Crippen LogP contribution in [0, 0.1) is 0 Å². The van der Waals surface area contributed by atoms with Crippen LogP contribution < -0.4 is 5.32 Å². The average molecular weight is 499 g/mol. The first-order chi connectivity index (χ1) is 17.3. The van der Waals surface area contributed by atoms with E-state index in [0.717, 1.165) is 16.1 Å². The molecule has 4 aromatic rings. The van der Waals surface area contributed by atoms with E-state index in [4.69, 9.17) is 0 Å².